The van der Waals surface area contributed by atoms with E-state index in [4.69, 9.17) is 0 Å². The van der Waals surface area contributed by atoms with Gasteiger partial charge in [0.1, 0.15) is 0 Å². The molecule has 26 valence electrons. The summed E-state index contributed by atoms with van der Waals surface area (Å²) in [5, 5.41) is 0. The molecule has 0 saturated carbocycles. The van der Waals surface area contributed by atoms with E-state index in [0.29, 0.717) is 0 Å². The summed E-state index contributed by atoms with van der Waals surface area (Å²) in [4.78, 5) is 0. The average molecular weight is 98.1 g/mol. The fourth-order valence-electron chi connectivity index (χ4n) is 0.158. The Bertz CT molecular complexity index is 14.4. The third-order valence-corrected chi connectivity index (χ3v) is 1.54. The molecule has 0 heterocycles. The Morgan fingerprint density at radius 1 is 1.60 bits per heavy atom. The third-order valence-electron chi connectivity index (χ3n) is 0.512. The molecule has 0 aliphatic carbocycles. The molecule has 0 nitrogen and oxygen atoms in total. The topological polar surface area (TPSA) is 0 Å². The van der Waals surface area contributed by atoms with Crippen molar-refractivity contribution in [3.8, 4) is 0 Å². The standard InChI is InChI=1S/C3H7S.Na/c1-2-3-4;/h4H,1-3H2;. The fourth-order valence-corrected chi connectivity index (χ4v) is 1.42. The summed E-state index contributed by atoms with van der Waals surface area (Å²) in [5.41, 5.74) is 0. The molecule has 0 N–H and O–H groups in total. The van der Waals surface area contributed by atoms with E-state index in [-0.39, 0.29) is 0 Å². The van der Waals surface area contributed by atoms with E-state index in [1.807, 2.05) is 0 Å². The Kier molecular flexibility index (Phi) is 6.79. The van der Waals surface area contributed by atoms with E-state index in [9.17, 15) is 0 Å². The Balaban J connectivity index is 2.19. The maximum atomic E-state index is 4.02. The summed E-state index contributed by atoms with van der Waals surface area (Å²) in [5.74, 6) is 1.07. The van der Waals surface area contributed by atoms with Crippen LogP contribution >= 0.6 is 12.6 Å². The molecule has 0 bridgehead atoms. The van der Waals surface area contributed by atoms with E-state index in [2.05, 4.69) is 12.6 Å². The van der Waals surface area contributed by atoms with Crippen LogP contribution in [-0.2, 0) is 0 Å². The van der Waals surface area contributed by atoms with E-state index in [1.54, 1.807) is 0 Å². The molecule has 0 aromatic rings. The Morgan fingerprint density at radius 3 is 2.20 bits per heavy atom. The van der Waals surface area contributed by atoms with Crippen molar-refractivity contribution in [3.05, 3.63) is 0 Å². The maximum absolute atomic E-state index is 4.02. The molecule has 0 rings (SSSR count). The van der Waals surface area contributed by atoms with E-state index in [0.717, 1.165) is 5.75 Å². The van der Waals surface area contributed by atoms with Crippen molar-refractivity contribution in [2.75, 3.05) is 5.75 Å². The van der Waals surface area contributed by atoms with Crippen LogP contribution in [0.5, 0.6) is 0 Å². The molecule has 0 atom stereocenters. The van der Waals surface area contributed by atoms with Gasteiger partial charge in [0, 0.05) is 0 Å². The number of thiol groups is 1. The first-order valence-electron chi connectivity index (χ1n) is 2.02. The molecule has 0 amide bonds. The van der Waals surface area contributed by atoms with Crippen molar-refractivity contribution in [1.29, 1.82) is 0 Å². The normalized spacial score (nSPS) is 8.60. The van der Waals surface area contributed by atoms with Crippen LogP contribution in [0.1, 0.15) is 6.42 Å². The predicted molar refractivity (Wildman–Crippen MR) is 29.0 cm³/mol. The van der Waals surface area contributed by atoms with Gasteiger partial charge in [0.25, 0.3) is 0 Å². The van der Waals surface area contributed by atoms with Gasteiger partial charge in [-0.2, -0.15) is 0 Å². The predicted octanol–water partition coefficient (Wildman–Crippen LogP) is 0.893. The average Bonchev–Trinajstić information content (AvgIpc) is 1.41. The van der Waals surface area contributed by atoms with E-state index in [1.165, 1.54) is 38.0 Å². The van der Waals surface area contributed by atoms with Gasteiger partial charge in [0.2, 0.25) is 0 Å². The third kappa shape index (κ3) is 5.35. The Hall–Kier alpha value is 1.35. The van der Waals surface area contributed by atoms with Crippen molar-refractivity contribution in [1.82, 2.24) is 0 Å². The molecule has 0 spiro atoms. The molecule has 0 aliphatic rings. The minimum absolute atomic E-state index is 1.07. The van der Waals surface area contributed by atoms with Crippen LogP contribution in [0.4, 0.5) is 0 Å². The Labute approximate surface area is 56.2 Å². The van der Waals surface area contributed by atoms with Crippen LogP contribution < -0.4 is 0 Å². The molecule has 0 radical (unpaired) electrons. The van der Waals surface area contributed by atoms with Crippen LogP contribution in [0.2, 0.25) is 3.67 Å². The van der Waals surface area contributed by atoms with Crippen LogP contribution in [0.3, 0.4) is 0 Å². The summed E-state index contributed by atoms with van der Waals surface area (Å²) in [6.07, 6.45) is 1.31. The van der Waals surface area contributed by atoms with Crippen molar-refractivity contribution in [2.45, 2.75) is 10.1 Å². The number of hydrogen-bond acceptors (Lipinski definition) is 1. The second kappa shape index (κ2) is 5.35. The minimum atomic E-state index is 1.07. The Morgan fingerprint density at radius 2 is 2.20 bits per heavy atom. The number of hydrogen-bond donors (Lipinski definition) is 1. The van der Waals surface area contributed by atoms with Crippen LogP contribution in [0.15, 0.2) is 0 Å². The van der Waals surface area contributed by atoms with Gasteiger partial charge in [-0.3, -0.25) is 0 Å². The van der Waals surface area contributed by atoms with Gasteiger partial charge in [0.05, 0.1) is 0 Å². The zero-order valence-electron chi connectivity index (χ0n) is 3.57. The summed E-state index contributed by atoms with van der Waals surface area (Å²) >= 11 is 5.37. The summed E-state index contributed by atoms with van der Waals surface area (Å²) in [6, 6.07) is 0. The molecule has 2 heteroatoms. The molecule has 0 aromatic carbocycles. The second-order valence-corrected chi connectivity index (χ2v) is 2.52. The molecule has 0 aromatic heterocycles. The van der Waals surface area contributed by atoms with Crippen molar-refractivity contribution in [2.24, 2.45) is 0 Å². The molecular formula is C3H7NaS. The first-order chi connectivity index (χ1) is 2.41. The van der Waals surface area contributed by atoms with E-state index < -0.39 is 0 Å². The zero-order chi connectivity index (χ0) is 4.12. The van der Waals surface area contributed by atoms with E-state index >= 15 is 0 Å². The summed E-state index contributed by atoms with van der Waals surface area (Å²) < 4.78 is 1.41. The number of rotatable bonds is 2. The van der Waals surface area contributed by atoms with Crippen LogP contribution in [0.25, 0.3) is 0 Å². The van der Waals surface area contributed by atoms with Gasteiger partial charge in [-0.1, -0.05) is 0 Å². The van der Waals surface area contributed by atoms with Gasteiger partial charge >= 0.3 is 56.4 Å². The van der Waals surface area contributed by atoms with Crippen molar-refractivity contribution >= 4 is 40.6 Å². The SMILES string of the molecule is [Na][CH2]CCS. The van der Waals surface area contributed by atoms with Crippen LogP contribution in [0, 0.1) is 0 Å². The molecular weight excluding hydrogens is 91.1 g/mol. The monoisotopic (exact) mass is 98.0 g/mol. The molecule has 0 fully saturated rings. The van der Waals surface area contributed by atoms with Gasteiger partial charge in [-0.05, 0) is 0 Å². The second-order valence-electron chi connectivity index (χ2n) is 1.08. The first kappa shape index (κ1) is 6.35. The molecule has 0 unspecified atom stereocenters. The summed E-state index contributed by atoms with van der Waals surface area (Å²) in [6.45, 7) is 0. The van der Waals surface area contributed by atoms with Gasteiger partial charge in [-0.15, -0.1) is 0 Å². The zero-order valence-corrected chi connectivity index (χ0v) is 6.46. The van der Waals surface area contributed by atoms with Crippen molar-refractivity contribution < 1.29 is 0 Å². The molecule has 0 aliphatic heterocycles. The fraction of sp³-hybridized carbons (Fsp3) is 1.00. The quantitative estimate of drug-likeness (QED) is 0.385. The van der Waals surface area contributed by atoms with Gasteiger partial charge in [-0.25, -0.2) is 0 Å². The molecule has 0 saturated heterocycles. The molecule has 5 heavy (non-hydrogen) atoms. The van der Waals surface area contributed by atoms with Crippen LogP contribution in [-0.4, -0.2) is 33.7 Å². The summed E-state index contributed by atoms with van der Waals surface area (Å²) in [7, 11) is 0. The van der Waals surface area contributed by atoms with Crippen molar-refractivity contribution in [3.63, 3.8) is 0 Å². The van der Waals surface area contributed by atoms with Gasteiger partial charge in [0.15, 0.2) is 0 Å². The first-order valence-corrected chi connectivity index (χ1v) is 4.07. The van der Waals surface area contributed by atoms with Gasteiger partial charge < -0.3 is 0 Å².